The quantitative estimate of drug-likeness (QED) is 0.177. The molecule has 0 N–H and O–H groups in total. The number of hydrogen-bond donors (Lipinski definition) is 0. The van der Waals surface area contributed by atoms with Crippen LogP contribution >= 0.6 is 11.3 Å². The molecule has 9 rings (SSSR count). The molecule has 0 radical (unpaired) electrons. The van der Waals surface area contributed by atoms with Gasteiger partial charge in [-0.25, -0.2) is 0 Å². The first-order chi connectivity index (χ1) is 23.8. The van der Waals surface area contributed by atoms with Crippen molar-refractivity contribution >= 4 is 59.3 Å². The fourth-order valence-electron chi connectivity index (χ4n) is 6.90. The standard InChI is InChI=1S/C46H31NS/c1-2-12-32(13-3-1)34-24-27-35(28-25-34)40-18-6-8-21-43(40)47(44-22-11-20-42-41-19-7-9-23-45(41)48-46(42)44)39-17-10-16-37(31-39)38-29-26-33-14-4-5-15-36(33)30-38/h1-31H. The van der Waals surface area contributed by atoms with E-state index in [1.165, 1.54) is 70.0 Å². The summed E-state index contributed by atoms with van der Waals surface area (Å²) in [6, 6.07) is 68.2. The third-order valence-electron chi connectivity index (χ3n) is 9.26. The summed E-state index contributed by atoms with van der Waals surface area (Å²) in [5.74, 6) is 0. The van der Waals surface area contributed by atoms with E-state index in [9.17, 15) is 0 Å². The molecule has 9 aromatic rings. The molecule has 0 saturated carbocycles. The minimum absolute atomic E-state index is 1.12. The van der Waals surface area contributed by atoms with Crippen LogP contribution in [0.1, 0.15) is 0 Å². The molecule has 1 heterocycles. The molecule has 0 aliphatic rings. The molecule has 0 bridgehead atoms. The topological polar surface area (TPSA) is 3.24 Å². The first-order valence-corrected chi connectivity index (χ1v) is 17.2. The van der Waals surface area contributed by atoms with Crippen molar-refractivity contribution in [3.63, 3.8) is 0 Å². The molecular weight excluding hydrogens is 599 g/mol. The number of hydrogen-bond acceptors (Lipinski definition) is 2. The summed E-state index contributed by atoms with van der Waals surface area (Å²) in [6.45, 7) is 0. The third kappa shape index (κ3) is 5.04. The van der Waals surface area contributed by atoms with Gasteiger partial charge in [0.05, 0.1) is 16.1 Å². The molecule has 226 valence electrons. The van der Waals surface area contributed by atoms with E-state index < -0.39 is 0 Å². The summed E-state index contributed by atoms with van der Waals surface area (Å²) < 4.78 is 2.58. The second kappa shape index (κ2) is 12.0. The number of nitrogens with zero attached hydrogens (tertiary/aromatic N) is 1. The third-order valence-corrected chi connectivity index (χ3v) is 10.5. The number of para-hydroxylation sites is 1. The van der Waals surface area contributed by atoms with Gasteiger partial charge in [-0.15, -0.1) is 11.3 Å². The first kappa shape index (κ1) is 28.3. The average Bonchev–Trinajstić information content (AvgIpc) is 3.55. The fraction of sp³-hybridized carbons (Fsp3) is 0. The highest BCUT2D eigenvalue weighted by molar-refractivity contribution is 7.26. The van der Waals surface area contributed by atoms with E-state index in [4.69, 9.17) is 0 Å². The van der Waals surface area contributed by atoms with Gasteiger partial charge in [0.25, 0.3) is 0 Å². The van der Waals surface area contributed by atoms with Crippen molar-refractivity contribution in [2.75, 3.05) is 4.90 Å². The van der Waals surface area contributed by atoms with Gasteiger partial charge in [-0.1, -0.05) is 152 Å². The van der Waals surface area contributed by atoms with Crippen LogP contribution in [0.5, 0.6) is 0 Å². The van der Waals surface area contributed by atoms with Crippen LogP contribution in [0.15, 0.2) is 188 Å². The predicted molar refractivity (Wildman–Crippen MR) is 208 cm³/mol. The summed E-state index contributed by atoms with van der Waals surface area (Å²) in [7, 11) is 0. The second-order valence-corrected chi connectivity index (χ2v) is 13.2. The molecule has 0 saturated heterocycles. The monoisotopic (exact) mass is 629 g/mol. The van der Waals surface area contributed by atoms with E-state index in [-0.39, 0.29) is 0 Å². The zero-order valence-electron chi connectivity index (χ0n) is 26.3. The molecule has 2 heteroatoms. The molecule has 0 amide bonds. The smallest absolute Gasteiger partial charge is 0.0640 e. The Hall–Kier alpha value is -5.96. The maximum absolute atomic E-state index is 2.46. The van der Waals surface area contributed by atoms with Gasteiger partial charge in [0.1, 0.15) is 0 Å². The summed E-state index contributed by atoms with van der Waals surface area (Å²) >= 11 is 1.87. The maximum atomic E-state index is 2.46. The Morgan fingerprint density at radius 1 is 0.354 bits per heavy atom. The second-order valence-electron chi connectivity index (χ2n) is 12.2. The Kier molecular flexibility index (Phi) is 7.07. The number of rotatable bonds is 6. The van der Waals surface area contributed by atoms with E-state index in [1.807, 2.05) is 11.3 Å². The van der Waals surface area contributed by atoms with Crippen LogP contribution in [-0.4, -0.2) is 0 Å². The highest BCUT2D eigenvalue weighted by atomic mass is 32.1. The van der Waals surface area contributed by atoms with Gasteiger partial charge in [0.2, 0.25) is 0 Å². The summed E-state index contributed by atoms with van der Waals surface area (Å²) in [6.07, 6.45) is 0. The fourth-order valence-corrected chi connectivity index (χ4v) is 8.10. The molecule has 1 nitrogen and oxygen atoms in total. The molecular formula is C46H31NS. The van der Waals surface area contributed by atoms with E-state index in [2.05, 4.69) is 193 Å². The Balaban J connectivity index is 1.24. The minimum Gasteiger partial charge on any atom is -0.308 e. The van der Waals surface area contributed by atoms with E-state index in [0.29, 0.717) is 0 Å². The lowest BCUT2D eigenvalue weighted by molar-refractivity contribution is 1.30. The normalized spacial score (nSPS) is 11.3. The molecule has 0 aliphatic heterocycles. The first-order valence-electron chi connectivity index (χ1n) is 16.3. The number of anilines is 3. The lowest BCUT2D eigenvalue weighted by atomic mass is 9.97. The van der Waals surface area contributed by atoms with Gasteiger partial charge in [-0.2, -0.15) is 0 Å². The predicted octanol–water partition coefficient (Wildman–Crippen LogP) is 13.7. The summed E-state index contributed by atoms with van der Waals surface area (Å²) in [5, 5.41) is 5.08. The van der Waals surface area contributed by atoms with Crippen LogP contribution in [0, 0.1) is 0 Å². The number of fused-ring (bicyclic) bond motifs is 4. The van der Waals surface area contributed by atoms with Gasteiger partial charge in [0, 0.05) is 26.7 Å². The highest BCUT2D eigenvalue weighted by Crippen LogP contribution is 2.47. The van der Waals surface area contributed by atoms with Crippen molar-refractivity contribution in [2.24, 2.45) is 0 Å². The molecule has 8 aromatic carbocycles. The van der Waals surface area contributed by atoms with Gasteiger partial charge in [-0.05, 0) is 75.0 Å². The lowest BCUT2D eigenvalue weighted by Crippen LogP contribution is -2.11. The molecule has 1 aromatic heterocycles. The molecule has 0 unspecified atom stereocenters. The van der Waals surface area contributed by atoms with Crippen LogP contribution in [0.4, 0.5) is 17.1 Å². The Bertz CT molecular complexity index is 2560. The molecule has 0 spiro atoms. The van der Waals surface area contributed by atoms with Crippen LogP contribution < -0.4 is 4.90 Å². The molecule has 0 atom stereocenters. The van der Waals surface area contributed by atoms with Crippen molar-refractivity contribution in [2.45, 2.75) is 0 Å². The van der Waals surface area contributed by atoms with E-state index >= 15 is 0 Å². The van der Waals surface area contributed by atoms with Crippen molar-refractivity contribution in [1.82, 2.24) is 0 Å². The lowest BCUT2D eigenvalue weighted by Gasteiger charge is -2.29. The van der Waals surface area contributed by atoms with Crippen LogP contribution in [0.25, 0.3) is 64.3 Å². The maximum Gasteiger partial charge on any atom is 0.0640 e. The number of thiophene rings is 1. The van der Waals surface area contributed by atoms with Crippen LogP contribution in [-0.2, 0) is 0 Å². The Morgan fingerprint density at radius 3 is 1.85 bits per heavy atom. The summed E-state index contributed by atoms with van der Waals surface area (Å²) in [4.78, 5) is 2.46. The zero-order valence-corrected chi connectivity index (χ0v) is 27.1. The Labute approximate surface area is 284 Å². The van der Waals surface area contributed by atoms with Gasteiger partial charge < -0.3 is 4.90 Å². The van der Waals surface area contributed by atoms with Crippen LogP contribution in [0.3, 0.4) is 0 Å². The van der Waals surface area contributed by atoms with Crippen molar-refractivity contribution in [1.29, 1.82) is 0 Å². The van der Waals surface area contributed by atoms with Gasteiger partial charge in [0.15, 0.2) is 0 Å². The SMILES string of the molecule is c1ccc(-c2ccc(-c3ccccc3N(c3cccc(-c4ccc5ccccc5c4)c3)c3cccc4c3sc3ccccc34)cc2)cc1. The highest BCUT2D eigenvalue weighted by Gasteiger charge is 2.21. The minimum atomic E-state index is 1.12. The van der Waals surface area contributed by atoms with E-state index in [1.54, 1.807) is 0 Å². The van der Waals surface area contributed by atoms with Crippen molar-refractivity contribution in [3.05, 3.63) is 188 Å². The molecule has 0 aliphatic carbocycles. The van der Waals surface area contributed by atoms with Crippen molar-refractivity contribution in [3.8, 4) is 33.4 Å². The largest absolute Gasteiger partial charge is 0.308 e. The molecule has 48 heavy (non-hydrogen) atoms. The van der Waals surface area contributed by atoms with Gasteiger partial charge in [-0.3, -0.25) is 0 Å². The van der Waals surface area contributed by atoms with Gasteiger partial charge >= 0.3 is 0 Å². The van der Waals surface area contributed by atoms with E-state index in [0.717, 1.165) is 11.4 Å². The zero-order chi connectivity index (χ0) is 31.9. The van der Waals surface area contributed by atoms with Crippen LogP contribution in [0.2, 0.25) is 0 Å². The average molecular weight is 630 g/mol. The molecule has 0 fully saturated rings. The van der Waals surface area contributed by atoms with Crippen molar-refractivity contribution < 1.29 is 0 Å². The number of benzene rings is 8. The summed E-state index contributed by atoms with van der Waals surface area (Å²) in [5.41, 5.74) is 10.7. The Morgan fingerprint density at radius 2 is 0.958 bits per heavy atom.